The fourth-order valence-electron chi connectivity index (χ4n) is 2.88. The summed E-state index contributed by atoms with van der Waals surface area (Å²) < 4.78 is 0. The van der Waals surface area contributed by atoms with Gasteiger partial charge in [-0.3, -0.25) is 0 Å². The fraction of sp³-hybridized carbons (Fsp3) is 0. The van der Waals surface area contributed by atoms with Gasteiger partial charge < -0.3 is 5.73 Å². The molecule has 100 valence electrons. The zero-order valence-electron chi connectivity index (χ0n) is 11.6. The van der Waals surface area contributed by atoms with Gasteiger partial charge in [-0.25, -0.2) is 0 Å². The molecule has 2 N–H and O–H groups in total. The zero-order chi connectivity index (χ0) is 14.2. The molecule has 4 aromatic carbocycles. The maximum absolute atomic E-state index is 5.79. The summed E-state index contributed by atoms with van der Waals surface area (Å²) in [6.07, 6.45) is 0. The van der Waals surface area contributed by atoms with E-state index in [1.807, 2.05) is 12.1 Å². The number of benzene rings is 4. The highest BCUT2D eigenvalue weighted by Gasteiger charge is 2.05. The number of fused-ring (bicyclic) bond motifs is 2. The van der Waals surface area contributed by atoms with Crippen LogP contribution in [0.5, 0.6) is 0 Å². The molecule has 0 fully saturated rings. The van der Waals surface area contributed by atoms with Gasteiger partial charge >= 0.3 is 0 Å². The Hall–Kier alpha value is -2.80. The molecule has 0 aliphatic heterocycles. The fourth-order valence-corrected chi connectivity index (χ4v) is 2.88. The van der Waals surface area contributed by atoms with E-state index in [2.05, 4.69) is 66.7 Å². The van der Waals surface area contributed by atoms with Crippen molar-refractivity contribution in [2.45, 2.75) is 0 Å². The third-order valence-corrected chi connectivity index (χ3v) is 3.97. The molecule has 0 bridgehead atoms. The third-order valence-electron chi connectivity index (χ3n) is 3.97. The van der Waals surface area contributed by atoms with Gasteiger partial charge in [0.15, 0.2) is 0 Å². The highest BCUT2D eigenvalue weighted by Crippen LogP contribution is 2.32. The van der Waals surface area contributed by atoms with Crippen molar-refractivity contribution in [2.24, 2.45) is 0 Å². The summed E-state index contributed by atoms with van der Waals surface area (Å²) in [6.45, 7) is 0. The van der Waals surface area contributed by atoms with Crippen molar-refractivity contribution >= 4 is 27.2 Å². The van der Waals surface area contributed by atoms with E-state index in [0.29, 0.717) is 0 Å². The standard InChI is InChI=1S/C20H15N/c21-18-10-8-14(9-11-18)19-7-3-6-17-12-15-4-1-2-5-16(15)13-20(17)19/h1-13H,21H2. The molecule has 0 heterocycles. The van der Waals surface area contributed by atoms with Gasteiger partial charge in [0, 0.05) is 5.69 Å². The van der Waals surface area contributed by atoms with Crippen molar-refractivity contribution in [1.29, 1.82) is 0 Å². The molecule has 0 aliphatic rings. The Labute approximate surface area is 123 Å². The summed E-state index contributed by atoms with van der Waals surface area (Å²) in [4.78, 5) is 0. The van der Waals surface area contributed by atoms with Crippen LogP contribution in [0.3, 0.4) is 0 Å². The van der Waals surface area contributed by atoms with Gasteiger partial charge in [-0.2, -0.15) is 0 Å². The summed E-state index contributed by atoms with van der Waals surface area (Å²) in [6, 6.07) is 27.5. The molecule has 0 atom stereocenters. The normalized spacial score (nSPS) is 11.0. The van der Waals surface area contributed by atoms with Crippen LogP contribution < -0.4 is 5.73 Å². The molecule has 0 amide bonds. The van der Waals surface area contributed by atoms with Gasteiger partial charge in [0.1, 0.15) is 0 Å². The number of rotatable bonds is 1. The highest BCUT2D eigenvalue weighted by molar-refractivity contribution is 6.04. The molecule has 0 radical (unpaired) electrons. The lowest BCUT2D eigenvalue weighted by atomic mass is 9.95. The SMILES string of the molecule is Nc1ccc(-c2cccc3cc4ccccc4cc23)cc1. The van der Waals surface area contributed by atoms with Gasteiger partial charge in [-0.1, -0.05) is 54.6 Å². The number of nitrogen functional groups attached to an aromatic ring is 1. The van der Waals surface area contributed by atoms with Gasteiger partial charge in [0.05, 0.1) is 0 Å². The molecule has 4 rings (SSSR count). The largest absolute Gasteiger partial charge is 0.399 e. The van der Waals surface area contributed by atoms with E-state index in [1.165, 1.54) is 32.7 Å². The predicted octanol–water partition coefficient (Wildman–Crippen LogP) is 5.24. The van der Waals surface area contributed by atoms with Crippen LogP contribution in [-0.4, -0.2) is 0 Å². The van der Waals surface area contributed by atoms with E-state index in [-0.39, 0.29) is 0 Å². The number of hydrogen-bond donors (Lipinski definition) is 1. The molecule has 0 saturated heterocycles. The topological polar surface area (TPSA) is 26.0 Å². The van der Waals surface area contributed by atoms with E-state index in [9.17, 15) is 0 Å². The van der Waals surface area contributed by atoms with Crippen LogP contribution in [0.2, 0.25) is 0 Å². The molecule has 0 spiro atoms. The Balaban J connectivity index is 2.04. The predicted molar refractivity (Wildman–Crippen MR) is 91.3 cm³/mol. The number of anilines is 1. The van der Waals surface area contributed by atoms with Crippen LogP contribution in [0.25, 0.3) is 32.7 Å². The van der Waals surface area contributed by atoms with E-state index >= 15 is 0 Å². The first-order valence-corrected chi connectivity index (χ1v) is 7.09. The summed E-state index contributed by atoms with van der Waals surface area (Å²) >= 11 is 0. The van der Waals surface area contributed by atoms with E-state index in [0.717, 1.165) is 5.69 Å². The Morgan fingerprint density at radius 2 is 1.24 bits per heavy atom. The molecule has 1 heteroatoms. The quantitative estimate of drug-likeness (QED) is 0.371. The molecule has 1 nitrogen and oxygen atoms in total. The van der Waals surface area contributed by atoms with E-state index < -0.39 is 0 Å². The van der Waals surface area contributed by atoms with Gasteiger partial charge in [0.25, 0.3) is 0 Å². The average molecular weight is 269 g/mol. The molecule has 0 saturated carbocycles. The summed E-state index contributed by atoms with van der Waals surface area (Å²) in [5.41, 5.74) is 9.04. The molecular weight excluding hydrogens is 254 g/mol. The molecule has 0 aliphatic carbocycles. The smallest absolute Gasteiger partial charge is 0.0314 e. The van der Waals surface area contributed by atoms with Crippen LogP contribution in [-0.2, 0) is 0 Å². The van der Waals surface area contributed by atoms with Crippen LogP contribution in [0.15, 0.2) is 78.9 Å². The Bertz CT molecular complexity index is 937. The summed E-state index contributed by atoms with van der Waals surface area (Å²) in [5.74, 6) is 0. The van der Waals surface area contributed by atoms with Crippen LogP contribution >= 0.6 is 0 Å². The molecular formula is C20H15N. The van der Waals surface area contributed by atoms with Crippen LogP contribution in [0.4, 0.5) is 5.69 Å². The maximum atomic E-state index is 5.79. The first-order chi connectivity index (χ1) is 10.3. The van der Waals surface area contributed by atoms with Crippen LogP contribution in [0.1, 0.15) is 0 Å². The average Bonchev–Trinajstić information content (AvgIpc) is 2.53. The maximum Gasteiger partial charge on any atom is 0.0314 e. The van der Waals surface area contributed by atoms with Crippen molar-refractivity contribution in [3.8, 4) is 11.1 Å². The molecule has 4 aromatic rings. The Kier molecular flexibility index (Phi) is 2.65. The number of hydrogen-bond acceptors (Lipinski definition) is 1. The Morgan fingerprint density at radius 1 is 0.571 bits per heavy atom. The lowest BCUT2D eigenvalue weighted by Crippen LogP contribution is -1.85. The van der Waals surface area contributed by atoms with Crippen LogP contribution in [0, 0.1) is 0 Å². The van der Waals surface area contributed by atoms with Crippen molar-refractivity contribution in [2.75, 3.05) is 5.73 Å². The second-order valence-electron chi connectivity index (χ2n) is 5.35. The van der Waals surface area contributed by atoms with Crippen molar-refractivity contribution < 1.29 is 0 Å². The highest BCUT2D eigenvalue weighted by atomic mass is 14.5. The monoisotopic (exact) mass is 269 g/mol. The lowest BCUT2D eigenvalue weighted by molar-refractivity contribution is 1.65. The van der Waals surface area contributed by atoms with Gasteiger partial charge in [0.2, 0.25) is 0 Å². The van der Waals surface area contributed by atoms with Gasteiger partial charge in [-0.05, 0) is 56.9 Å². The lowest BCUT2D eigenvalue weighted by Gasteiger charge is -2.09. The van der Waals surface area contributed by atoms with Crippen molar-refractivity contribution in [3.63, 3.8) is 0 Å². The second-order valence-corrected chi connectivity index (χ2v) is 5.35. The van der Waals surface area contributed by atoms with E-state index in [1.54, 1.807) is 0 Å². The minimum atomic E-state index is 0.796. The van der Waals surface area contributed by atoms with Crippen molar-refractivity contribution in [1.82, 2.24) is 0 Å². The first-order valence-electron chi connectivity index (χ1n) is 7.09. The first kappa shape index (κ1) is 12.0. The van der Waals surface area contributed by atoms with Crippen molar-refractivity contribution in [3.05, 3.63) is 78.9 Å². The van der Waals surface area contributed by atoms with E-state index in [4.69, 9.17) is 5.73 Å². The third kappa shape index (κ3) is 2.03. The Morgan fingerprint density at radius 3 is 2.00 bits per heavy atom. The molecule has 0 unspecified atom stereocenters. The second kappa shape index (κ2) is 4.64. The zero-order valence-corrected chi connectivity index (χ0v) is 11.6. The minimum Gasteiger partial charge on any atom is -0.399 e. The molecule has 0 aromatic heterocycles. The minimum absolute atomic E-state index is 0.796. The summed E-state index contributed by atoms with van der Waals surface area (Å²) in [7, 11) is 0. The number of nitrogens with two attached hydrogens (primary N) is 1. The summed E-state index contributed by atoms with van der Waals surface area (Å²) in [5, 5.41) is 5.09. The molecule has 21 heavy (non-hydrogen) atoms. The van der Waals surface area contributed by atoms with Gasteiger partial charge in [-0.15, -0.1) is 0 Å².